The second-order valence-corrected chi connectivity index (χ2v) is 4.56. The molecule has 1 aromatic heterocycles. The van der Waals surface area contributed by atoms with Gasteiger partial charge in [0.15, 0.2) is 5.54 Å². The number of nitrogens with one attached hydrogen (secondary N) is 1. The van der Waals surface area contributed by atoms with E-state index in [0.29, 0.717) is 11.4 Å². The van der Waals surface area contributed by atoms with Crippen molar-refractivity contribution in [3.8, 4) is 5.75 Å². The molecule has 2 aromatic rings. The van der Waals surface area contributed by atoms with E-state index in [1.807, 2.05) is 24.3 Å². The molecule has 104 valence electrons. The first kappa shape index (κ1) is 13.9. The topological polar surface area (TPSA) is 77.2 Å². The normalized spacial score (nSPS) is 13.3. The number of carbonyl (C=O) groups is 1. The Hall–Kier alpha value is -2.56. The first-order valence-electron chi connectivity index (χ1n) is 6.20. The Kier molecular flexibility index (Phi) is 3.89. The third-order valence-electron chi connectivity index (χ3n) is 3.13. The Bertz CT molecular complexity index is 601. The maximum absolute atomic E-state index is 11.9. The van der Waals surface area contributed by atoms with Crippen molar-refractivity contribution in [3.63, 3.8) is 0 Å². The molecule has 2 rings (SSSR count). The number of aromatic nitrogens is 1. The number of nitrogens with zero attached hydrogens (tertiary/aromatic N) is 1. The van der Waals surface area contributed by atoms with Crippen molar-refractivity contribution in [2.45, 2.75) is 12.5 Å². The number of methoxy groups -OCH3 is 1. The van der Waals surface area contributed by atoms with Crippen LogP contribution in [0.3, 0.4) is 0 Å². The molecular weight excluding hydrogens is 254 g/mol. The fourth-order valence-electron chi connectivity index (χ4n) is 1.90. The number of carbonyl (C=O) groups excluding carboxylic acids is 1. The zero-order chi connectivity index (χ0) is 14.6. The van der Waals surface area contributed by atoms with Crippen molar-refractivity contribution >= 4 is 11.6 Å². The van der Waals surface area contributed by atoms with Gasteiger partial charge in [-0.15, -0.1) is 0 Å². The second-order valence-electron chi connectivity index (χ2n) is 4.56. The quantitative estimate of drug-likeness (QED) is 0.870. The van der Waals surface area contributed by atoms with Crippen LogP contribution >= 0.6 is 0 Å². The average Bonchev–Trinajstić information content (AvgIpc) is 2.48. The van der Waals surface area contributed by atoms with E-state index < -0.39 is 11.4 Å². The number of hydrogen-bond acceptors (Lipinski definition) is 4. The molecule has 20 heavy (non-hydrogen) atoms. The minimum atomic E-state index is -1.09. The highest BCUT2D eigenvalue weighted by atomic mass is 16.5. The maximum atomic E-state index is 11.9. The molecule has 0 saturated heterocycles. The molecule has 5 heteroatoms. The smallest absolute Gasteiger partial charge is 0.249 e. The monoisotopic (exact) mass is 271 g/mol. The molecule has 0 aliphatic carbocycles. The first-order valence-corrected chi connectivity index (χ1v) is 6.20. The average molecular weight is 271 g/mol. The molecule has 0 aliphatic rings. The van der Waals surface area contributed by atoms with Gasteiger partial charge >= 0.3 is 0 Å². The molecular formula is C15H17N3O2. The number of rotatable bonds is 5. The molecule has 5 nitrogen and oxygen atoms in total. The number of primary amides is 1. The van der Waals surface area contributed by atoms with E-state index in [0.717, 1.165) is 5.69 Å². The van der Waals surface area contributed by atoms with Crippen LogP contribution in [0.4, 0.5) is 5.69 Å². The van der Waals surface area contributed by atoms with Crippen LogP contribution in [0.15, 0.2) is 48.7 Å². The largest absolute Gasteiger partial charge is 0.497 e. The summed E-state index contributed by atoms with van der Waals surface area (Å²) < 4.78 is 5.16. The number of nitrogens with two attached hydrogens (primary N) is 1. The van der Waals surface area contributed by atoms with E-state index in [4.69, 9.17) is 10.5 Å². The summed E-state index contributed by atoms with van der Waals surface area (Å²) >= 11 is 0. The lowest BCUT2D eigenvalue weighted by Crippen LogP contribution is -2.45. The van der Waals surface area contributed by atoms with Gasteiger partial charge in [0.1, 0.15) is 5.75 Å². The van der Waals surface area contributed by atoms with Gasteiger partial charge in [-0.2, -0.15) is 0 Å². The highest BCUT2D eigenvalue weighted by molar-refractivity contribution is 5.88. The molecule has 0 saturated carbocycles. The summed E-state index contributed by atoms with van der Waals surface area (Å²) in [6.07, 6.45) is 1.63. The van der Waals surface area contributed by atoms with Gasteiger partial charge in [-0.05, 0) is 31.2 Å². The molecule has 1 heterocycles. The van der Waals surface area contributed by atoms with Crippen LogP contribution in [0.25, 0.3) is 0 Å². The minimum absolute atomic E-state index is 0.501. The number of benzene rings is 1. The number of pyridine rings is 1. The number of hydrogen-bond donors (Lipinski definition) is 2. The Morgan fingerprint density at radius 2 is 2.10 bits per heavy atom. The fraction of sp³-hybridized carbons (Fsp3) is 0.200. The molecule has 0 radical (unpaired) electrons. The lowest BCUT2D eigenvalue weighted by molar-refractivity contribution is -0.122. The predicted molar refractivity (Wildman–Crippen MR) is 77.4 cm³/mol. The standard InChI is InChI=1S/C15H17N3O2/c1-15(14(16)19,13-8-3-4-9-17-13)18-11-6-5-7-12(10-11)20-2/h3-10,18H,1-2H3,(H2,16,19). The van der Waals surface area contributed by atoms with Crippen molar-refractivity contribution in [2.24, 2.45) is 5.73 Å². The fourth-order valence-corrected chi connectivity index (χ4v) is 1.90. The van der Waals surface area contributed by atoms with Gasteiger partial charge in [0.25, 0.3) is 0 Å². The van der Waals surface area contributed by atoms with Crippen LogP contribution < -0.4 is 15.8 Å². The summed E-state index contributed by atoms with van der Waals surface area (Å²) in [5.41, 5.74) is 5.76. The maximum Gasteiger partial charge on any atom is 0.249 e. The van der Waals surface area contributed by atoms with Crippen LogP contribution in [0.1, 0.15) is 12.6 Å². The summed E-state index contributed by atoms with van der Waals surface area (Å²) in [6, 6.07) is 12.7. The van der Waals surface area contributed by atoms with Crippen LogP contribution in [-0.4, -0.2) is 18.0 Å². The highest BCUT2D eigenvalue weighted by Gasteiger charge is 2.34. The molecule has 3 N–H and O–H groups in total. The third-order valence-corrected chi connectivity index (χ3v) is 3.13. The molecule has 0 aliphatic heterocycles. The van der Waals surface area contributed by atoms with E-state index in [9.17, 15) is 4.79 Å². The van der Waals surface area contributed by atoms with Crippen molar-refractivity contribution in [2.75, 3.05) is 12.4 Å². The Morgan fingerprint density at radius 3 is 2.70 bits per heavy atom. The summed E-state index contributed by atoms with van der Waals surface area (Å²) in [6.45, 7) is 1.71. The molecule has 1 amide bonds. The van der Waals surface area contributed by atoms with Crippen LogP contribution in [-0.2, 0) is 10.3 Å². The van der Waals surface area contributed by atoms with Crippen molar-refractivity contribution < 1.29 is 9.53 Å². The van der Waals surface area contributed by atoms with Gasteiger partial charge < -0.3 is 15.8 Å². The molecule has 1 aromatic carbocycles. The number of ether oxygens (including phenoxy) is 1. The summed E-state index contributed by atoms with van der Waals surface area (Å²) in [7, 11) is 1.59. The molecule has 0 fully saturated rings. The van der Waals surface area contributed by atoms with Crippen LogP contribution in [0, 0.1) is 0 Å². The van der Waals surface area contributed by atoms with Gasteiger partial charge in [0.2, 0.25) is 5.91 Å². The van der Waals surface area contributed by atoms with Gasteiger partial charge in [-0.25, -0.2) is 0 Å². The van der Waals surface area contributed by atoms with E-state index in [1.165, 1.54) is 0 Å². The van der Waals surface area contributed by atoms with E-state index in [2.05, 4.69) is 10.3 Å². The third kappa shape index (κ3) is 2.71. The van der Waals surface area contributed by atoms with E-state index in [1.54, 1.807) is 38.4 Å². The van der Waals surface area contributed by atoms with E-state index in [-0.39, 0.29) is 0 Å². The summed E-state index contributed by atoms with van der Waals surface area (Å²) in [4.78, 5) is 16.1. The zero-order valence-electron chi connectivity index (χ0n) is 11.5. The minimum Gasteiger partial charge on any atom is -0.497 e. The van der Waals surface area contributed by atoms with Crippen molar-refractivity contribution in [1.29, 1.82) is 0 Å². The van der Waals surface area contributed by atoms with Crippen LogP contribution in [0.5, 0.6) is 5.75 Å². The Morgan fingerprint density at radius 1 is 1.30 bits per heavy atom. The number of amides is 1. The molecule has 0 bridgehead atoms. The van der Waals surface area contributed by atoms with E-state index >= 15 is 0 Å². The Labute approximate surface area is 117 Å². The highest BCUT2D eigenvalue weighted by Crippen LogP contribution is 2.26. The SMILES string of the molecule is COc1cccc(NC(C)(C(N)=O)c2ccccn2)c1. The lowest BCUT2D eigenvalue weighted by Gasteiger charge is -2.28. The molecule has 1 atom stereocenters. The van der Waals surface area contributed by atoms with Crippen molar-refractivity contribution in [1.82, 2.24) is 4.98 Å². The van der Waals surface area contributed by atoms with Gasteiger partial charge in [-0.3, -0.25) is 9.78 Å². The molecule has 0 spiro atoms. The summed E-state index contributed by atoms with van der Waals surface area (Å²) in [5.74, 6) is 0.196. The zero-order valence-corrected chi connectivity index (χ0v) is 11.5. The number of anilines is 1. The predicted octanol–water partition coefficient (Wildman–Crippen LogP) is 1.90. The molecule has 1 unspecified atom stereocenters. The van der Waals surface area contributed by atoms with Crippen molar-refractivity contribution in [3.05, 3.63) is 54.4 Å². The summed E-state index contributed by atoms with van der Waals surface area (Å²) in [5, 5.41) is 3.13. The second kappa shape index (κ2) is 5.61. The van der Waals surface area contributed by atoms with Gasteiger partial charge in [0.05, 0.1) is 12.8 Å². The lowest BCUT2D eigenvalue weighted by atomic mass is 9.95. The van der Waals surface area contributed by atoms with Crippen LogP contribution in [0.2, 0.25) is 0 Å². The first-order chi connectivity index (χ1) is 9.56. The Balaban J connectivity index is 2.37. The van der Waals surface area contributed by atoms with Gasteiger partial charge in [0, 0.05) is 18.0 Å². The van der Waals surface area contributed by atoms with Gasteiger partial charge in [-0.1, -0.05) is 12.1 Å².